The molecule has 1 saturated heterocycles. The van der Waals surface area contributed by atoms with E-state index in [2.05, 4.69) is 20.3 Å². The number of hydrogen-bond donors (Lipinski definition) is 1. The van der Waals surface area contributed by atoms with Crippen LogP contribution < -0.4 is 5.32 Å². The van der Waals surface area contributed by atoms with Gasteiger partial charge in [-0.25, -0.2) is 15.0 Å². The third kappa shape index (κ3) is 3.33. The van der Waals surface area contributed by atoms with Crippen LogP contribution in [0.25, 0.3) is 22.3 Å². The van der Waals surface area contributed by atoms with E-state index in [1.807, 2.05) is 10.8 Å². The van der Waals surface area contributed by atoms with Crippen molar-refractivity contribution in [3.05, 3.63) is 35.9 Å². The molecule has 0 radical (unpaired) electrons. The first kappa shape index (κ1) is 18.4. The molecule has 146 valence electrons. The fraction of sp³-hybridized carbons (Fsp3) is 0.368. The summed E-state index contributed by atoms with van der Waals surface area (Å²) in [6, 6.07) is 3.12. The van der Waals surface area contributed by atoms with Crippen LogP contribution in [-0.4, -0.2) is 38.6 Å². The number of nitrogens with zero attached hydrogens (tertiary/aromatic N) is 4. The van der Waals surface area contributed by atoms with Crippen molar-refractivity contribution in [3.8, 4) is 11.4 Å². The number of carbonyl (C=O) groups is 1. The molecule has 4 rings (SSSR count). The molecule has 3 aromatic heterocycles. The lowest BCUT2D eigenvalue weighted by Crippen LogP contribution is -2.30. The number of amides is 1. The Labute approximate surface area is 159 Å². The Morgan fingerprint density at radius 2 is 2.07 bits per heavy atom. The Morgan fingerprint density at radius 1 is 1.32 bits per heavy atom. The fourth-order valence-corrected chi connectivity index (χ4v) is 3.17. The zero-order valence-corrected chi connectivity index (χ0v) is 15.7. The topological polar surface area (TPSA) is 81.9 Å². The highest BCUT2D eigenvalue weighted by Gasteiger charge is 2.29. The van der Waals surface area contributed by atoms with Gasteiger partial charge < -0.3 is 14.6 Å². The van der Waals surface area contributed by atoms with Gasteiger partial charge in [-0.3, -0.25) is 4.79 Å². The van der Waals surface area contributed by atoms with E-state index in [-0.39, 0.29) is 23.5 Å². The van der Waals surface area contributed by atoms with Gasteiger partial charge in [0.1, 0.15) is 11.5 Å². The maximum absolute atomic E-state index is 13.9. The summed E-state index contributed by atoms with van der Waals surface area (Å²) < 4.78 is 35.0. The van der Waals surface area contributed by atoms with Crippen molar-refractivity contribution in [2.24, 2.45) is 0 Å². The van der Waals surface area contributed by atoms with Gasteiger partial charge in [0.2, 0.25) is 5.91 Å². The van der Waals surface area contributed by atoms with E-state index >= 15 is 0 Å². The minimum Gasteiger partial charge on any atom is -0.377 e. The quantitative estimate of drug-likeness (QED) is 0.742. The van der Waals surface area contributed by atoms with E-state index < -0.39 is 5.92 Å². The number of anilines is 1. The number of alkyl halides is 2. The van der Waals surface area contributed by atoms with E-state index in [4.69, 9.17) is 4.74 Å². The van der Waals surface area contributed by atoms with Gasteiger partial charge >= 0.3 is 0 Å². The fourth-order valence-electron chi connectivity index (χ4n) is 3.17. The van der Waals surface area contributed by atoms with Crippen LogP contribution in [0.2, 0.25) is 0 Å². The molecule has 3 aromatic rings. The number of nitrogens with one attached hydrogen (secondary N) is 1. The molecule has 7 nitrogen and oxygen atoms in total. The number of rotatable bonds is 4. The molecule has 0 aromatic carbocycles. The van der Waals surface area contributed by atoms with E-state index in [1.54, 1.807) is 19.2 Å². The van der Waals surface area contributed by atoms with Crippen molar-refractivity contribution < 1.29 is 18.3 Å². The molecule has 1 N–H and O–H groups in total. The van der Waals surface area contributed by atoms with Crippen molar-refractivity contribution in [2.75, 3.05) is 18.5 Å². The number of carbonyl (C=O) groups excluding carboxylic acids is 1. The molecule has 0 aliphatic carbocycles. The van der Waals surface area contributed by atoms with Crippen LogP contribution in [0.1, 0.15) is 31.3 Å². The molecule has 1 fully saturated rings. The van der Waals surface area contributed by atoms with E-state index in [9.17, 15) is 13.6 Å². The summed E-state index contributed by atoms with van der Waals surface area (Å²) in [6.45, 7) is 4.98. The first-order valence-corrected chi connectivity index (χ1v) is 8.82. The minimum atomic E-state index is -3.08. The average molecular weight is 387 g/mol. The lowest BCUT2D eigenvalue weighted by Gasteiger charge is -2.28. The molecule has 0 unspecified atom stereocenters. The molecule has 0 spiro atoms. The van der Waals surface area contributed by atoms with Gasteiger partial charge in [-0.15, -0.1) is 0 Å². The van der Waals surface area contributed by atoms with Crippen LogP contribution in [-0.2, 0) is 15.5 Å². The summed E-state index contributed by atoms with van der Waals surface area (Å²) in [7, 11) is 0. The van der Waals surface area contributed by atoms with Crippen LogP contribution in [0.5, 0.6) is 0 Å². The Morgan fingerprint density at radius 3 is 2.68 bits per heavy atom. The summed E-state index contributed by atoms with van der Waals surface area (Å²) in [4.78, 5) is 24.2. The number of hydrogen-bond acceptors (Lipinski definition) is 5. The summed E-state index contributed by atoms with van der Waals surface area (Å²) in [5, 5.41) is 3.37. The van der Waals surface area contributed by atoms with E-state index in [0.717, 1.165) is 17.8 Å². The molecular weight excluding hydrogens is 368 g/mol. The van der Waals surface area contributed by atoms with Crippen LogP contribution in [0.15, 0.2) is 24.5 Å². The molecule has 1 amide bonds. The maximum Gasteiger partial charge on any atom is 0.287 e. The van der Waals surface area contributed by atoms with E-state index in [0.29, 0.717) is 30.3 Å². The molecule has 28 heavy (non-hydrogen) atoms. The number of ether oxygens (including phenoxy) is 1. The highest BCUT2D eigenvalue weighted by molar-refractivity contribution is 5.97. The highest BCUT2D eigenvalue weighted by Crippen LogP contribution is 2.35. The second-order valence-corrected chi connectivity index (χ2v) is 7.02. The van der Waals surface area contributed by atoms with Crippen molar-refractivity contribution in [2.45, 2.75) is 32.7 Å². The lowest BCUT2D eigenvalue weighted by molar-refractivity contribution is -0.114. The first-order valence-electron chi connectivity index (χ1n) is 8.82. The molecule has 0 saturated carbocycles. The SMILES string of the molecule is CC(=O)Nc1cc2c(-c3nc(C)cc(C(C)(F)F)n3)cn(C3COC3)c2cn1. The molecule has 9 heteroatoms. The van der Waals surface area contributed by atoms with Crippen LogP contribution in [0.4, 0.5) is 14.6 Å². The standard InChI is InChI=1S/C19H19F2N5O2/c1-10-4-16(19(3,20)21)25-18(23-10)14-7-26(12-8-28-9-12)15-6-22-17(5-13(14)15)24-11(2)27/h4-7,12H,8-9H2,1-3H3,(H,22,24,27). The lowest BCUT2D eigenvalue weighted by atomic mass is 10.1. The van der Waals surface area contributed by atoms with Crippen LogP contribution >= 0.6 is 0 Å². The third-order valence-corrected chi connectivity index (χ3v) is 4.58. The van der Waals surface area contributed by atoms with E-state index in [1.165, 1.54) is 13.0 Å². The summed E-state index contributed by atoms with van der Waals surface area (Å²) in [5.74, 6) is -2.75. The summed E-state index contributed by atoms with van der Waals surface area (Å²) in [6.07, 6.45) is 3.48. The average Bonchev–Trinajstić information content (AvgIpc) is 2.90. The van der Waals surface area contributed by atoms with Gasteiger partial charge in [0, 0.05) is 36.7 Å². The predicted molar refractivity (Wildman–Crippen MR) is 99.2 cm³/mol. The van der Waals surface area contributed by atoms with Gasteiger partial charge in [-0.05, 0) is 19.1 Å². The number of aromatic nitrogens is 4. The Kier molecular flexibility index (Phi) is 4.34. The number of halogens is 2. The third-order valence-electron chi connectivity index (χ3n) is 4.58. The van der Waals surface area contributed by atoms with Crippen molar-refractivity contribution in [1.82, 2.24) is 19.5 Å². The molecule has 1 aliphatic heterocycles. The molecule has 0 bridgehead atoms. The van der Waals surface area contributed by atoms with Gasteiger partial charge in [0.15, 0.2) is 5.82 Å². The van der Waals surface area contributed by atoms with Gasteiger partial charge in [0.25, 0.3) is 5.92 Å². The smallest absolute Gasteiger partial charge is 0.287 e. The Bertz CT molecular complexity index is 1070. The van der Waals surface area contributed by atoms with Gasteiger partial charge in [-0.2, -0.15) is 8.78 Å². The number of aryl methyl sites for hydroxylation is 1. The molecule has 1 aliphatic rings. The maximum atomic E-state index is 13.9. The highest BCUT2D eigenvalue weighted by atomic mass is 19.3. The minimum absolute atomic E-state index is 0.126. The van der Waals surface area contributed by atoms with Crippen LogP contribution in [0, 0.1) is 6.92 Å². The monoisotopic (exact) mass is 387 g/mol. The first-order chi connectivity index (χ1) is 13.2. The van der Waals surface area contributed by atoms with Crippen molar-refractivity contribution in [3.63, 3.8) is 0 Å². The normalized spacial score (nSPS) is 14.9. The van der Waals surface area contributed by atoms with Crippen molar-refractivity contribution >= 4 is 22.6 Å². The van der Waals surface area contributed by atoms with Gasteiger partial charge in [0.05, 0.1) is 31.0 Å². The largest absolute Gasteiger partial charge is 0.377 e. The summed E-state index contributed by atoms with van der Waals surface area (Å²) in [5.41, 5.74) is 1.52. The summed E-state index contributed by atoms with van der Waals surface area (Å²) >= 11 is 0. The number of pyridine rings is 1. The molecular formula is C19H19F2N5O2. The molecule has 4 heterocycles. The second kappa shape index (κ2) is 6.59. The zero-order valence-electron chi connectivity index (χ0n) is 15.7. The predicted octanol–water partition coefficient (Wildman–Crippen LogP) is 3.44. The Balaban J connectivity index is 1.92. The second-order valence-electron chi connectivity index (χ2n) is 7.02. The van der Waals surface area contributed by atoms with Crippen LogP contribution in [0.3, 0.4) is 0 Å². The Hall–Kier alpha value is -2.94. The molecule has 0 atom stereocenters. The van der Waals surface area contributed by atoms with Gasteiger partial charge in [-0.1, -0.05) is 0 Å². The zero-order chi connectivity index (χ0) is 20.1. The number of fused-ring (bicyclic) bond motifs is 1. The van der Waals surface area contributed by atoms with Crippen molar-refractivity contribution in [1.29, 1.82) is 0 Å².